The van der Waals surface area contributed by atoms with Gasteiger partial charge in [-0.1, -0.05) is 18.2 Å². The summed E-state index contributed by atoms with van der Waals surface area (Å²) in [5, 5.41) is 40.1. The molecule has 0 amide bonds. The first kappa shape index (κ1) is 23.6. The number of benzene rings is 1. The predicted octanol–water partition coefficient (Wildman–Crippen LogP) is 2.69. The zero-order chi connectivity index (χ0) is 19.5. The molecule has 0 aliphatic heterocycles. The molecular weight excluding hydrogens is 328 g/mol. The van der Waals surface area contributed by atoms with Gasteiger partial charge in [-0.25, -0.2) is 14.4 Å². The van der Waals surface area contributed by atoms with Crippen molar-refractivity contribution in [3.8, 4) is 12.1 Å². The molecule has 0 aliphatic carbocycles. The lowest BCUT2D eigenvalue weighted by Gasteiger charge is -1.88. The molecule has 1 aromatic carbocycles. The molecule has 25 heavy (non-hydrogen) atoms. The second-order valence-electron chi connectivity index (χ2n) is 4.20. The van der Waals surface area contributed by atoms with Crippen molar-refractivity contribution in [1.82, 2.24) is 0 Å². The maximum atomic E-state index is 10.2. The molecule has 0 unspecified atom stereocenters. The third-order valence-corrected chi connectivity index (χ3v) is 2.22. The van der Waals surface area contributed by atoms with Crippen LogP contribution in [0.2, 0.25) is 0 Å². The predicted molar refractivity (Wildman–Crippen MR) is 87.5 cm³/mol. The van der Waals surface area contributed by atoms with Crippen molar-refractivity contribution in [2.75, 3.05) is 0 Å². The van der Waals surface area contributed by atoms with E-state index >= 15 is 0 Å². The van der Waals surface area contributed by atoms with Crippen LogP contribution in [-0.2, 0) is 9.59 Å². The molecule has 0 saturated heterocycles. The van der Waals surface area contributed by atoms with Crippen LogP contribution in [0.4, 0.5) is 0 Å². The third kappa shape index (κ3) is 20.4. The number of hydrogen-bond acceptors (Lipinski definition) is 5. The van der Waals surface area contributed by atoms with E-state index in [1.54, 1.807) is 30.3 Å². The number of aromatic carboxylic acids is 1. The van der Waals surface area contributed by atoms with Crippen LogP contribution in [-0.4, -0.2) is 33.2 Å². The van der Waals surface area contributed by atoms with Crippen LogP contribution in [0.5, 0.6) is 0 Å². The second-order valence-corrected chi connectivity index (χ2v) is 4.20. The molecule has 3 N–H and O–H groups in total. The standard InChI is InChI=1S/C7H6O2.C6H8N2.C4H4O4/c8-7(9)6-4-2-1-3-5-6;7-5-3-1-2-4-6-8;5-3(6)1-2-4(7)8/h1-5H,(H,8,9);1-4H2;1-2H,(H,5,6)(H,7,8)/b;;2-1-. The minimum absolute atomic E-state index is 0.331. The fourth-order valence-corrected chi connectivity index (χ4v) is 1.13. The van der Waals surface area contributed by atoms with Gasteiger partial charge in [0.25, 0.3) is 0 Å². The van der Waals surface area contributed by atoms with Gasteiger partial charge in [-0.05, 0) is 25.0 Å². The lowest BCUT2D eigenvalue weighted by molar-refractivity contribution is -0.134. The molecule has 8 nitrogen and oxygen atoms in total. The number of carboxylic acid groups (broad SMARTS) is 3. The molecule has 0 heterocycles. The van der Waals surface area contributed by atoms with Crippen molar-refractivity contribution in [3.05, 3.63) is 48.0 Å². The van der Waals surface area contributed by atoms with Crippen molar-refractivity contribution >= 4 is 17.9 Å². The van der Waals surface area contributed by atoms with Crippen LogP contribution in [0, 0.1) is 22.7 Å². The molecule has 0 aliphatic rings. The minimum atomic E-state index is -1.26. The van der Waals surface area contributed by atoms with Gasteiger partial charge in [0, 0.05) is 25.0 Å². The third-order valence-electron chi connectivity index (χ3n) is 2.22. The number of hydrogen-bond donors (Lipinski definition) is 3. The summed E-state index contributed by atoms with van der Waals surface area (Å²) in [5.41, 5.74) is 0.331. The van der Waals surface area contributed by atoms with E-state index in [4.69, 9.17) is 25.8 Å². The van der Waals surface area contributed by atoms with Crippen molar-refractivity contribution < 1.29 is 29.7 Å². The molecule has 8 heteroatoms. The Kier molecular flexibility index (Phi) is 15.8. The van der Waals surface area contributed by atoms with E-state index in [0.717, 1.165) is 12.8 Å². The Bertz CT molecular complexity index is 609. The summed E-state index contributed by atoms with van der Waals surface area (Å²) in [7, 11) is 0. The second kappa shape index (κ2) is 16.7. The summed E-state index contributed by atoms with van der Waals surface area (Å²) in [5.74, 6) is -3.39. The summed E-state index contributed by atoms with van der Waals surface area (Å²) in [6.45, 7) is 0. The molecule has 0 atom stereocenters. The van der Waals surface area contributed by atoms with Crippen LogP contribution in [0.15, 0.2) is 42.5 Å². The maximum Gasteiger partial charge on any atom is 0.335 e. The number of nitriles is 2. The van der Waals surface area contributed by atoms with E-state index in [9.17, 15) is 14.4 Å². The Labute approximate surface area is 144 Å². The van der Waals surface area contributed by atoms with Gasteiger partial charge in [-0.2, -0.15) is 10.5 Å². The van der Waals surface area contributed by atoms with E-state index in [1.807, 2.05) is 12.1 Å². The summed E-state index contributed by atoms with van der Waals surface area (Å²) >= 11 is 0. The number of nitrogens with zero attached hydrogens (tertiary/aromatic N) is 2. The van der Waals surface area contributed by atoms with Gasteiger partial charge in [0.15, 0.2) is 0 Å². The number of aliphatic carboxylic acids is 2. The molecule has 0 bridgehead atoms. The van der Waals surface area contributed by atoms with Crippen molar-refractivity contribution in [1.29, 1.82) is 10.5 Å². The van der Waals surface area contributed by atoms with Crippen molar-refractivity contribution in [2.45, 2.75) is 25.7 Å². The average Bonchev–Trinajstić information content (AvgIpc) is 2.59. The monoisotopic (exact) mass is 346 g/mol. The first-order valence-electron chi connectivity index (χ1n) is 7.01. The lowest BCUT2D eigenvalue weighted by Crippen LogP contribution is -1.93. The zero-order valence-corrected chi connectivity index (χ0v) is 13.3. The summed E-state index contributed by atoms with van der Waals surface area (Å²) in [6.07, 6.45) is 4.02. The van der Waals surface area contributed by atoms with E-state index in [2.05, 4.69) is 0 Å². The van der Waals surface area contributed by atoms with Gasteiger partial charge in [0.1, 0.15) is 0 Å². The highest BCUT2D eigenvalue weighted by Crippen LogP contribution is 1.96. The Hall–Kier alpha value is -3.65. The first-order chi connectivity index (χ1) is 11.8. The molecule has 0 spiro atoms. The van der Waals surface area contributed by atoms with Crippen molar-refractivity contribution in [3.63, 3.8) is 0 Å². The highest BCUT2D eigenvalue weighted by molar-refractivity contribution is 5.89. The Morgan fingerprint density at radius 2 is 1.24 bits per heavy atom. The van der Waals surface area contributed by atoms with Gasteiger partial charge in [-0.15, -0.1) is 0 Å². The molecular formula is C17H18N2O6. The molecule has 0 aromatic heterocycles. The largest absolute Gasteiger partial charge is 0.478 e. The van der Waals surface area contributed by atoms with Crippen molar-refractivity contribution in [2.24, 2.45) is 0 Å². The highest BCUT2D eigenvalue weighted by Gasteiger charge is 1.96. The van der Waals surface area contributed by atoms with Gasteiger partial charge in [0.05, 0.1) is 17.7 Å². The van der Waals surface area contributed by atoms with Gasteiger partial charge >= 0.3 is 17.9 Å². The van der Waals surface area contributed by atoms with E-state index in [1.165, 1.54) is 0 Å². The van der Waals surface area contributed by atoms with E-state index in [0.29, 0.717) is 30.6 Å². The SMILES string of the molecule is N#CCCCCC#N.O=C(O)/C=C\C(=O)O.O=C(O)c1ccccc1. The molecule has 0 saturated carbocycles. The highest BCUT2D eigenvalue weighted by atomic mass is 16.4. The van der Waals surface area contributed by atoms with Crippen LogP contribution >= 0.6 is 0 Å². The quantitative estimate of drug-likeness (QED) is 0.523. The number of carboxylic acids is 3. The number of unbranched alkanes of at least 4 members (excludes halogenated alkanes) is 3. The fraction of sp³-hybridized carbons (Fsp3) is 0.235. The Balaban J connectivity index is 0. The minimum Gasteiger partial charge on any atom is -0.478 e. The Morgan fingerprint density at radius 1 is 0.840 bits per heavy atom. The summed E-state index contributed by atoms with van der Waals surface area (Å²) in [6, 6.07) is 12.3. The smallest absolute Gasteiger partial charge is 0.335 e. The van der Waals surface area contributed by atoms with Crippen LogP contribution in [0.1, 0.15) is 36.0 Å². The van der Waals surface area contributed by atoms with Gasteiger partial charge < -0.3 is 15.3 Å². The zero-order valence-electron chi connectivity index (χ0n) is 13.3. The topological polar surface area (TPSA) is 159 Å². The number of rotatable bonds is 6. The summed E-state index contributed by atoms with van der Waals surface area (Å²) < 4.78 is 0. The normalized spacial score (nSPS) is 8.56. The molecule has 0 fully saturated rings. The molecule has 1 aromatic rings. The average molecular weight is 346 g/mol. The Morgan fingerprint density at radius 3 is 1.48 bits per heavy atom. The van der Waals surface area contributed by atoms with E-state index in [-0.39, 0.29) is 0 Å². The first-order valence-corrected chi connectivity index (χ1v) is 7.01. The maximum absolute atomic E-state index is 10.2. The molecule has 1 rings (SSSR count). The number of carbonyl (C=O) groups is 3. The lowest BCUT2D eigenvalue weighted by atomic mass is 10.2. The van der Waals surface area contributed by atoms with Gasteiger partial charge in [0.2, 0.25) is 0 Å². The van der Waals surface area contributed by atoms with Crippen LogP contribution in [0.3, 0.4) is 0 Å². The van der Waals surface area contributed by atoms with Crippen LogP contribution < -0.4 is 0 Å². The molecule has 0 radical (unpaired) electrons. The van der Waals surface area contributed by atoms with Gasteiger partial charge in [-0.3, -0.25) is 0 Å². The summed E-state index contributed by atoms with van der Waals surface area (Å²) in [4.78, 5) is 29.3. The van der Waals surface area contributed by atoms with Crippen LogP contribution in [0.25, 0.3) is 0 Å². The molecule has 132 valence electrons. The van der Waals surface area contributed by atoms with E-state index < -0.39 is 17.9 Å². The fourth-order valence-electron chi connectivity index (χ4n) is 1.13.